The van der Waals surface area contributed by atoms with Crippen LogP contribution in [0.3, 0.4) is 0 Å². The highest BCUT2D eigenvalue weighted by Crippen LogP contribution is 2.29. The summed E-state index contributed by atoms with van der Waals surface area (Å²) in [5.41, 5.74) is 0.856. The molecule has 0 aliphatic heterocycles. The number of hydrogen-bond donors (Lipinski definition) is 3. The Hall–Kier alpha value is -3.68. The molecule has 2 aromatic carbocycles. The molecule has 3 N–H and O–H groups in total. The highest BCUT2D eigenvalue weighted by molar-refractivity contribution is 5.93. The molecule has 126 valence electrons. The van der Waals surface area contributed by atoms with Gasteiger partial charge in [0.05, 0.1) is 18.4 Å². The average molecular weight is 338 g/mol. The highest BCUT2D eigenvalue weighted by Gasteiger charge is 2.13. The van der Waals surface area contributed by atoms with Crippen LogP contribution in [-0.2, 0) is 0 Å². The predicted octanol–water partition coefficient (Wildman–Crippen LogP) is 3.49. The fraction of sp³-hybridized carbons (Fsp3) is 0.0588. The van der Waals surface area contributed by atoms with Gasteiger partial charge in [-0.3, -0.25) is 15.0 Å². The Labute approximate surface area is 141 Å². The SMILES string of the molecule is COc1cccc(-c2[nH][nH]c(=O)c2N=Nc2ccccc2C(=O)O)c1. The van der Waals surface area contributed by atoms with E-state index >= 15 is 0 Å². The van der Waals surface area contributed by atoms with Crippen LogP contribution in [0.2, 0.25) is 0 Å². The van der Waals surface area contributed by atoms with Gasteiger partial charge in [0.1, 0.15) is 11.4 Å². The molecule has 0 saturated carbocycles. The molecule has 0 saturated heterocycles. The summed E-state index contributed by atoms with van der Waals surface area (Å²) >= 11 is 0. The van der Waals surface area contributed by atoms with Crippen LogP contribution in [0.1, 0.15) is 10.4 Å². The molecular weight excluding hydrogens is 324 g/mol. The molecule has 0 aliphatic rings. The normalized spacial score (nSPS) is 10.9. The molecule has 0 fully saturated rings. The summed E-state index contributed by atoms with van der Waals surface area (Å²) in [5, 5.41) is 22.3. The summed E-state index contributed by atoms with van der Waals surface area (Å²) in [6, 6.07) is 13.2. The first-order valence-electron chi connectivity index (χ1n) is 7.29. The largest absolute Gasteiger partial charge is 0.497 e. The maximum atomic E-state index is 12.0. The molecule has 25 heavy (non-hydrogen) atoms. The first-order chi connectivity index (χ1) is 12.1. The highest BCUT2D eigenvalue weighted by atomic mass is 16.5. The minimum absolute atomic E-state index is 0.00106. The van der Waals surface area contributed by atoms with Crippen molar-refractivity contribution >= 4 is 17.3 Å². The van der Waals surface area contributed by atoms with Crippen molar-refractivity contribution in [3.8, 4) is 17.0 Å². The number of benzene rings is 2. The van der Waals surface area contributed by atoms with Crippen molar-refractivity contribution in [1.29, 1.82) is 0 Å². The predicted molar refractivity (Wildman–Crippen MR) is 91.0 cm³/mol. The lowest BCUT2D eigenvalue weighted by atomic mass is 10.1. The minimum atomic E-state index is -1.12. The molecule has 3 rings (SSSR count). The van der Waals surface area contributed by atoms with Crippen LogP contribution in [0.5, 0.6) is 5.75 Å². The van der Waals surface area contributed by atoms with Gasteiger partial charge in [0.25, 0.3) is 5.56 Å². The molecule has 8 heteroatoms. The van der Waals surface area contributed by atoms with E-state index in [-0.39, 0.29) is 16.9 Å². The van der Waals surface area contributed by atoms with Gasteiger partial charge in [-0.05, 0) is 24.3 Å². The van der Waals surface area contributed by atoms with Gasteiger partial charge in [0.2, 0.25) is 0 Å². The second-order valence-corrected chi connectivity index (χ2v) is 5.06. The first-order valence-corrected chi connectivity index (χ1v) is 7.29. The van der Waals surface area contributed by atoms with E-state index in [1.807, 2.05) is 0 Å². The van der Waals surface area contributed by atoms with Crippen molar-refractivity contribution in [3.63, 3.8) is 0 Å². The maximum Gasteiger partial charge on any atom is 0.337 e. The minimum Gasteiger partial charge on any atom is -0.497 e. The first kappa shape index (κ1) is 16.2. The van der Waals surface area contributed by atoms with E-state index in [9.17, 15) is 14.7 Å². The quantitative estimate of drug-likeness (QED) is 0.617. The zero-order chi connectivity index (χ0) is 17.8. The van der Waals surface area contributed by atoms with Crippen LogP contribution in [-0.4, -0.2) is 28.4 Å². The Morgan fingerprint density at radius 2 is 1.88 bits per heavy atom. The Morgan fingerprint density at radius 3 is 2.64 bits per heavy atom. The van der Waals surface area contributed by atoms with Crippen molar-refractivity contribution in [1.82, 2.24) is 10.2 Å². The van der Waals surface area contributed by atoms with Crippen LogP contribution in [0.15, 0.2) is 63.6 Å². The van der Waals surface area contributed by atoms with Crippen LogP contribution in [0, 0.1) is 0 Å². The number of aromatic carboxylic acids is 1. The smallest absolute Gasteiger partial charge is 0.337 e. The molecule has 0 unspecified atom stereocenters. The molecule has 0 atom stereocenters. The topological polar surface area (TPSA) is 120 Å². The van der Waals surface area contributed by atoms with E-state index in [0.29, 0.717) is 17.0 Å². The van der Waals surface area contributed by atoms with Crippen molar-refractivity contribution in [2.45, 2.75) is 0 Å². The van der Waals surface area contributed by atoms with Crippen LogP contribution in [0.4, 0.5) is 11.4 Å². The van der Waals surface area contributed by atoms with Gasteiger partial charge in [-0.25, -0.2) is 4.79 Å². The number of methoxy groups -OCH3 is 1. The number of rotatable bonds is 5. The van der Waals surface area contributed by atoms with Crippen LogP contribution >= 0.6 is 0 Å². The summed E-state index contributed by atoms with van der Waals surface area (Å²) in [7, 11) is 1.54. The Bertz CT molecular complexity index is 1000. The lowest BCUT2D eigenvalue weighted by molar-refractivity contribution is 0.0697. The molecule has 0 radical (unpaired) electrons. The monoisotopic (exact) mass is 338 g/mol. The number of nitrogens with one attached hydrogen (secondary N) is 2. The molecule has 0 aliphatic carbocycles. The summed E-state index contributed by atoms with van der Waals surface area (Å²) in [4.78, 5) is 23.2. The number of aromatic nitrogens is 2. The molecule has 0 spiro atoms. The van der Waals surface area contributed by atoms with Crippen molar-refractivity contribution in [2.24, 2.45) is 10.2 Å². The van der Waals surface area contributed by atoms with E-state index in [1.54, 1.807) is 43.5 Å². The van der Waals surface area contributed by atoms with Gasteiger partial charge < -0.3 is 9.84 Å². The zero-order valence-corrected chi connectivity index (χ0v) is 13.2. The van der Waals surface area contributed by atoms with Gasteiger partial charge in [-0.15, -0.1) is 10.2 Å². The summed E-state index contributed by atoms with van der Waals surface area (Å²) in [6.07, 6.45) is 0. The standard InChI is InChI=1S/C17H14N4O4/c1-25-11-6-4-5-10(9-11)14-15(16(22)21-19-14)20-18-13-8-3-2-7-12(13)17(23)24/h2-9H,1H3,(H,23,24)(H2,19,21,22). The second-order valence-electron chi connectivity index (χ2n) is 5.06. The van der Waals surface area contributed by atoms with Crippen LogP contribution in [0.25, 0.3) is 11.3 Å². The lowest BCUT2D eigenvalue weighted by Crippen LogP contribution is -1.97. The third kappa shape index (κ3) is 3.32. The second kappa shape index (κ2) is 6.83. The molecule has 1 heterocycles. The molecule has 1 aromatic heterocycles. The van der Waals surface area contributed by atoms with Crippen molar-refractivity contribution in [3.05, 3.63) is 64.4 Å². The number of hydrogen-bond acceptors (Lipinski definition) is 5. The number of carboxylic acid groups (broad SMARTS) is 1. The summed E-state index contributed by atoms with van der Waals surface area (Å²) in [6.45, 7) is 0. The summed E-state index contributed by atoms with van der Waals surface area (Å²) < 4.78 is 5.17. The van der Waals surface area contributed by atoms with Crippen molar-refractivity contribution < 1.29 is 14.6 Å². The average Bonchev–Trinajstić information content (AvgIpc) is 3.00. The Balaban J connectivity index is 2.04. The van der Waals surface area contributed by atoms with Crippen molar-refractivity contribution in [2.75, 3.05) is 7.11 Å². The molecular formula is C17H14N4O4. The number of ether oxygens (including phenoxy) is 1. The van der Waals surface area contributed by atoms with E-state index in [4.69, 9.17) is 4.74 Å². The number of carboxylic acids is 1. The van der Waals surface area contributed by atoms with Crippen LogP contribution < -0.4 is 10.3 Å². The van der Waals surface area contributed by atoms with Gasteiger partial charge in [-0.2, -0.15) is 0 Å². The molecule has 3 aromatic rings. The van der Waals surface area contributed by atoms with Gasteiger partial charge in [-0.1, -0.05) is 24.3 Å². The number of H-pyrrole nitrogens is 2. The van der Waals surface area contributed by atoms with E-state index in [0.717, 1.165) is 0 Å². The van der Waals surface area contributed by atoms with Gasteiger partial charge >= 0.3 is 5.97 Å². The number of carbonyl (C=O) groups is 1. The fourth-order valence-electron chi connectivity index (χ4n) is 2.28. The number of nitrogens with zero attached hydrogens (tertiary/aromatic N) is 2. The lowest BCUT2D eigenvalue weighted by Gasteiger charge is -2.03. The maximum absolute atomic E-state index is 12.0. The van der Waals surface area contributed by atoms with E-state index in [2.05, 4.69) is 20.4 Å². The third-order valence-corrected chi connectivity index (χ3v) is 3.50. The van der Waals surface area contributed by atoms with E-state index < -0.39 is 11.5 Å². The summed E-state index contributed by atoms with van der Waals surface area (Å²) in [5.74, 6) is -0.496. The number of aromatic amines is 2. The fourth-order valence-corrected chi connectivity index (χ4v) is 2.28. The molecule has 8 nitrogen and oxygen atoms in total. The molecule has 0 amide bonds. The molecule has 0 bridgehead atoms. The van der Waals surface area contributed by atoms with Gasteiger partial charge in [0.15, 0.2) is 5.69 Å². The Morgan fingerprint density at radius 1 is 1.08 bits per heavy atom. The third-order valence-electron chi connectivity index (χ3n) is 3.50. The number of azo groups is 1. The van der Waals surface area contributed by atoms with Gasteiger partial charge in [0, 0.05) is 5.56 Å². The Kier molecular flexibility index (Phi) is 4.42. The van der Waals surface area contributed by atoms with E-state index in [1.165, 1.54) is 12.1 Å². The zero-order valence-electron chi connectivity index (χ0n) is 13.2.